The van der Waals surface area contributed by atoms with Crippen LogP contribution in [0.4, 0.5) is 0 Å². The lowest BCUT2D eigenvalue weighted by atomic mass is 10.1. The van der Waals surface area contributed by atoms with Gasteiger partial charge in [0.05, 0.1) is 17.8 Å². The largest absolute Gasteiger partial charge is 0.379 e. The van der Waals surface area contributed by atoms with Crippen molar-refractivity contribution in [1.29, 1.82) is 0 Å². The first kappa shape index (κ1) is 15.7. The molecule has 0 heterocycles. The zero-order valence-electron chi connectivity index (χ0n) is 12.1. The Bertz CT molecular complexity index is 395. The van der Waals surface area contributed by atoms with Crippen molar-refractivity contribution in [3.63, 3.8) is 0 Å². The first-order chi connectivity index (χ1) is 8.98. The predicted octanol–water partition coefficient (Wildman–Crippen LogP) is 3.15. The number of aryl methyl sites for hydroxylation is 1. The number of benzene rings is 1. The third-order valence-corrected chi connectivity index (χ3v) is 3.07. The van der Waals surface area contributed by atoms with Crippen molar-refractivity contribution in [1.82, 2.24) is 0 Å². The predicted molar refractivity (Wildman–Crippen MR) is 72.9 cm³/mol. The molecule has 0 aliphatic heterocycles. The Balaban J connectivity index is 2.35. The topological polar surface area (TPSA) is 44.8 Å². The van der Waals surface area contributed by atoms with Crippen LogP contribution in [0.15, 0.2) is 24.3 Å². The molecule has 1 rings (SSSR count). The van der Waals surface area contributed by atoms with Gasteiger partial charge in [0, 0.05) is 13.5 Å². The highest BCUT2D eigenvalue weighted by Crippen LogP contribution is 2.13. The minimum atomic E-state index is -0.474. The van der Waals surface area contributed by atoms with Gasteiger partial charge in [-0.25, -0.2) is 4.79 Å². The third-order valence-electron chi connectivity index (χ3n) is 3.07. The van der Waals surface area contributed by atoms with Gasteiger partial charge in [-0.2, -0.15) is 4.89 Å². The fraction of sp³-hybridized carbons (Fsp3) is 0.533. The van der Waals surface area contributed by atoms with Crippen LogP contribution in [0.2, 0.25) is 0 Å². The fourth-order valence-corrected chi connectivity index (χ4v) is 1.41. The third kappa shape index (κ3) is 5.41. The van der Waals surface area contributed by atoms with E-state index in [1.807, 2.05) is 26.0 Å². The van der Waals surface area contributed by atoms with Gasteiger partial charge in [-0.1, -0.05) is 19.1 Å². The molecule has 0 fully saturated rings. The summed E-state index contributed by atoms with van der Waals surface area (Å²) in [6, 6.07) is 7.29. The Hall–Kier alpha value is -1.39. The van der Waals surface area contributed by atoms with E-state index in [2.05, 4.69) is 6.92 Å². The van der Waals surface area contributed by atoms with Crippen molar-refractivity contribution < 1.29 is 19.3 Å². The Morgan fingerprint density at radius 3 is 2.37 bits per heavy atom. The summed E-state index contributed by atoms with van der Waals surface area (Å²) >= 11 is 0. The second kappa shape index (κ2) is 7.26. The maximum atomic E-state index is 11.7. The van der Waals surface area contributed by atoms with Crippen LogP contribution in [-0.4, -0.2) is 25.3 Å². The molecule has 1 aromatic carbocycles. The maximum absolute atomic E-state index is 11.7. The molecular weight excluding hydrogens is 244 g/mol. The van der Waals surface area contributed by atoms with Gasteiger partial charge >= 0.3 is 5.97 Å². The Morgan fingerprint density at radius 2 is 1.84 bits per heavy atom. The monoisotopic (exact) mass is 266 g/mol. The van der Waals surface area contributed by atoms with E-state index in [9.17, 15) is 4.79 Å². The molecule has 0 atom stereocenters. The lowest BCUT2D eigenvalue weighted by molar-refractivity contribution is -0.247. The molecule has 0 amide bonds. The van der Waals surface area contributed by atoms with E-state index < -0.39 is 5.97 Å². The normalized spacial score (nSPS) is 11.4. The van der Waals surface area contributed by atoms with E-state index >= 15 is 0 Å². The van der Waals surface area contributed by atoms with Crippen LogP contribution in [0, 0.1) is 0 Å². The smallest absolute Gasteiger partial charge is 0.373 e. The van der Waals surface area contributed by atoms with Gasteiger partial charge in [0.15, 0.2) is 0 Å². The molecule has 0 aliphatic carbocycles. The molecule has 19 heavy (non-hydrogen) atoms. The van der Waals surface area contributed by atoms with Crippen LogP contribution < -0.4 is 0 Å². The molecule has 0 bridgehead atoms. The lowest BCUT2D eigenvalue weighted by Crippen LogP contribution is -2.24. The van der Waals surface area contributed by atoms with Crippen molar-refractivity contribution in [3.8, 4) is 0 Å². The molecule has 0 aliphatic rings. The van der Waals surface area contributed by atoms with Gasteiger partial charge in [-0.3, -0.25) is 4.89 Å². The van der Waals surface area contributed by atoms with Gasteiger partial charge in [-0.15, -0.1) is 0 Å². The van der Waals surface area contributed by atoms with Crippen molar-refractivity contribution in [3.05, 3.63) is 35.4 Å². The second-order valence-corrected chi connectivity index (χ2v) is 4.96. The fourth-order valence-electron chi connectivity index (χ4n) is 1.41. The van der Waals surface area contributed by atoms with Crippen LogP contribution in [0.5, 0.6) is 0 Å². The molecule has 106 valence electrons. The lowest BCUT2D eigenvalue weighted by Gasteiger charge is -2.21. The van der Waals surface area contributed by atoms with Gasteiger partial charge in [0.1, 0.15) is 0 Å². The van der Waals surface area contributed by atoms with E-state index in [-0.39, 0.29) is 5.60 Å². The maximum Gasteiger partial charge on any atom is 0.373 e. The van der Waals surface area contributed by atoms with Crippen LogP contribution >= 0.6 is 0 Å². The van der Waals surface area contributed by atoms with Crippen LogP contribution in [0.3, 0.4) is 0 Å². The minimum absolute atomic E-state index is 0.283. The summed E-state index contributed by atoms with van der Waals surface area (Å²) in [7, 11) is 1.64. The summed E-state index contributed by atoms with van der Waals surface area (Å²) in [5.41, 5.74) is 1.39. The number of ether oxygens (including phenoxy) is 1. The van der Waals surface area contributed by atoms with Crippen LogP contribution in [0.1, 0.15) is 43.1 Å². The zero-order valence-corrected chi connectivity index (χ0v) is 12.1. The highest BCUT2D eigenvalue weighted by Gasteiger charge is 2.16. The van der Waals surface area contributed by atoms with Gasteiger partial charge in [0.25, 0.3) is 0 Å². The Labute approximate surface area is 114 Å². The molecule has 0 saturated heterocycles. The van der Waals surface area contributed by atoms with Gasteiger partial charge in [0.2, 0.25) is 0 Å². The molecule has 4 nitrogen and oxygen atoms in total. The summed E-state index contributed by atoms with van der Waals surface area (Å²) in [4.78, 5) is 21.3. The van der Waals surface area contributed by atoms with Gasteiger partial charge in [-0.05, 0) is 38.0 Å². The number of hydrogen-bond donors (Lipinski definition) is 0. The number of rotatable bonds is 7. The zero-order chi connectivity index (χ0) is 14.3. The number of hydrogen-bond acceptors (Lipinski definition) is 4. The summed E-state index contributed by atoms with van der Waals surface area (Å²) in [6.07, 6.45) is 1.59. The summed E-state index contributed by atoms with van der Waals surface area (Å²) in [5.74, 6) is -0.474. The minimum Gasteiger partial charge on any atom is -0.379 e. The molecular formula is C15H22O4. The first-order valence-corrected chi connectivity index (χ1v) is 6.46. The van der Waals surface area contributed by atoms with Crippen LogP contribution in [0.25, 0.3) is 0 Å². The summed E-state index contributed by atoms with van der Waals surface area (Å²) in [6.45, 7) is 6.26. The SMILES string of the molecule is CCc1ccc(C(=O)OOCCC(C)(C)OC)cc1. The standard InChI is InChI=1S/C15H22O4/c1-5-12-6-8-13(9-7-12)14(16)19-18-11-10-15(2,3)17-4/h6-9H,5,10-11H2,1-4H3. The quantitative estimate of drug-likeness (QED) is 0.432. The van der Waals surface area contributed by atoms with E-state index in [4.69, 9.17) is 14.5 Å². The molecule has 0 unspecified atom stereocenters. The van der Waals surface area contributed by atoms with Crippen molar-refractivity contribution in [2.45, 2.75) is 39.2 Å². The van der Waals surface area contributed by atoms with E-state index in [1.165, 1.54) is 5.56 Å². The van der Waals surface area contributed by atoms with E-state index in [0.717, 1.165) is 6.42 Å². The molecule has 0 aromatic heterocycles. The average Bonchev–Trinajstić information content (AvgIpc) is 2.43. The Morgan fingerprint density at radius 1 is 1.21 bits per heavy atom. The summed E-state index contributed by atoms with van der Waals surface area (Å²) in [5, 5.41) is 0. The van der Waals surface area contributed by atoms with Crippen molar-refractivity contribution in [2.24, 2.45) is 0 Å². The molecule has 1 aromatic rings. The highest BCUT2D eigenvalue weighted by molar-refractivity contribution is 5.88. The summed E-state index contributed by atoms with van der Waals surface area (Å²) < 4.78 is 5.23. The number of carbonyl (C=O) groups excluding carboxylic acids is 1. The Kier molecular flexibility index (Phi) is 5.99. The van der Waals surface area contributed by atoms with Crippen molar-refractivity contribution >= 4 is 5.97 Å². The molecule has 0 saturated carbocycles. The molecule has 0 radical (unpaired) electrons. The van der Waals surface area contributed by atoms with E-state index in [0.29, 0.717) is 18.6 Å². The second-order valence-electron chi connectivity index (χ2n) is 4.96. The number of methoxy groups -OCH3 is 1. The average molecular weight is 266 g/mol. The molecule has 0 N–H and O–H groups in total. The molecule has 0 spiro atoms. The van der Waals surface area contributed by atoms with Gasteiger partial charge < -0.3 is 4.74 Å². The van der Waals surface area contributed by atoms with E-state index in [1.54, 1.807) is 19.2 Å². The van der Waals surface area contributed by atoms with Crippen molar-refractivity contribution in [2.75, 3.05) is 13.7 Å². The highest BCUT2D eigenvalue weighted by atomic mass is 17.2. The van der Waals surface area contributed by atoms with Crippen LogP contribution in [-0.2, 0) is 20.9 Å². The first-order valence-electron chi connectivity index (χ1n) is 6.46. The molecule has 4 heteroatoms. The number of carbonyl (C=O) groups is 1.